The van der Waals surface area contributed by atoms with Gasteiger partial charge in [-0.25, -0.2) is 0 Å². The zero-order valence-electron chi connectivity index (χ0n) is 20.8. The van der Waals surface area contributed by atoms with E-state index in [-0.39, 0.29) is 37.0 Å². The number of piperazine rings is 1. The second-order valence-corrected chi connectivity index (χ2v) is 10.1. The molecule has 1 atom stereocenters. The predicted octanol–water partition coefficient (Wildman–Crippen LogP) is 5.77. The van der Waals surface area contributed by atoms with Crippen LogP contribution in [0, 0.1) is 0 Å². The Bertz CT molecular complexity index is 1050. The fourth-order valence-corrected chi connectivity index (χ4v) is 5.34. The normalized spacial score (nSPS) is 19.7. The molecule has 0 spiro atoms. The minimum absolute atomic E-state index is 0.0184. The molecular formula is C28H35ClN2O4. The van der Waals surface area contributed by atoms with Gasteiger partial charge in [-0.15, -0.1) is 0 Å². The third kappa shape index (κ3) is 5.75. The zero-order valence-corrected chi connectivity index (χ0v) is 21.6. The maximum absolute atomic E-state index is 14.1. The van der Waals surface area contributed by atoms with Crippen molar-refractivity contribution in [2.24, 2.45) is 0 Å². The van der Waals surface area contributed by atoms with E-state index in [1.165, 1.54) is 12.8 Å². The summed E-state index contributed by atoms with van der Waals surface area (Å²) >= 11 is 6.44. The van der Waals surface area contributed by atoms with Gasteiger partial charge in [0.2, 0.25) is 5.91 Å². The monoisotopic (exact) mass is 498 g/mol. The summed E-state index contributed by atoms with van der Waals surface area (Å²) in [6.07, 6.45) is 6.42. The van der Waals surface area contributed by atoms with E-state index in [1.54, 1.807) is 18.1 Å². The number of carbonyl (C=O) groups is 2. The summed E-state index contributed by atoms with van der Waals surface area (Å²) in [5, 5.41) is 0.580. The molecule has 1 unspecified atom stereocenters. The molecule has 1 saturated heterocycles. The third-order valence-corrected chi connectivity index (χ3v) is 7.25. The highest BCUT2D eigenvalue weighted by molar-refractivity contribution is 6.31. The van der Waals surface area contributed by atoms with Crippen molar-refractivity contribution in [2.45, 2.75) is 77.1 Å². The van der Waals surface area contributed by atoms with Crippen LogP contribution in [-0.4, -0.2) is 47.4 Å². The highest BCUT2D eigenvalue weighted by atomic mass is 35.5. The lowest BCUT2D eigenvalue weighted by molar-refractivity contribution is -0.159. The quantitative estimate of drug-likeness (QED) is 0.454. The topological polar surface area (TPSA) is 59.1 Å². The van der Waals surface area contributed by atoms with Crippen LogP contribution < -0.4 is 9.47 Å². The van der Waals surface area contributed by atoms with Gasteiger partial charge in [0.05, 0.1) is 13.2 Å². The van der Waals surface area contributed by atoms with Gasteiger partial charge < -0.3 is 19.3 Å². The van der Waals surface area contributed by atoms with Gasteiger partial charge in [0.25, 0.3) is 5.91 Å². The molecule has 2 amide bonds. The Morgan fingerprint density at radius 1 is 1.00 bits per heavy atom. The number of ether oxygens (including phenoxy) is 2. The number of nitrogens with zero attached hydrogens (tertiary/aromatic N) is 2. The van der Waals surface area contributed by atoms with E-state index >= 15 is 0 Å². The van der Waals surface area contributed by atoms with Crippen LogP contribution in [0.3, 0.4) is 0 Å². The van der Waals surface area contributed by atoms with Crippen LogP contribution in [0.1, 0.15) is 69.5 Å². The summed E-state index contributed by atoms with van der Waals surface area (Å²) in [7, 11) is 1.58. The second kappa shape index (κ2) is 11.3. The van der Waals surface area contributed by atoms with E-state index in [9.17, 15) is 9.59 Å². The van der Waals surface area contributed by atoms with Gasteiger partial charge in [0.1, 0.15) is 12.6 Å². The standard InChI is InChI=1S/C28H35ClN2O4/c1-19(2)35-24-15-14-20(16-25(24)34-3)27-28(33)30(22-11-6-4-5-7-12-22)18-26(32)31(27)17-21-10-8-9-13-23(21)29/h8-10,13-16,19,22,27H,4-7,11-12,17-18H2,1-3H3. The minimum atomic E-state index is -0.752. The molecule has 0 aromatic heterocycles. The van der Waals surface area contributed by atoms with Crippen molar-refractivity contribution in [3.05, 3.63) is 58.6 Å². The molecule has 2 aliphatic rings. The number of halogens is 1. The van der Waals surface area contributed by atoms with E-state index in [0.29, 0.717) is 22.1 Å². The fourth-order valence-electron chi connectivity index (χ4n) is 5.15. The molecule has 188 valence electrons. The van der Waals surface area contributed by atoms with Gasteiger partial charge in [-0.2, -0.15) is 0 Å². The minimum Gasteiger partial charge on any atom is -0.493 e. The molecule has 6 nitrogen and oxygen atoms in total. The smallest absolute Gasteiger partial charge is 0.250 e. The van der Waals surface area contributed by atoms with Crippen LogP contribution in [0.4, 0.5) is 0 Å². The molecule has 1 aliphatic heterocycles. The van der Waals surface area contributed by atoms with E-state index < -0.39 is 6.04 Å². The molecular weight excluding hydrogens is 464 g/mol. The summed E-state index contributed by atoms with van der Waals surface area (Å²) in [5.41, 5.74) is 1.52. The number of methoxy groups -OCH3 is 1. The van der Waals surface area contributed by atoms with Crippen molar-refractivity contribution < 1.29 is 19.1 Å². The van der Waals surface area contributed by atoms with Crippen molar-refractivity contribution in [3.63, 3.8) is 0 Å². The number of benzene rings is 2. The van der Waals surface area contributed by atoms with E-state index in [2.05, 4.69) is 0 Å². The average Bonchev–Trinajstić information content (AvgIpc) is 3.12. The molecule has 2 aromatic rings. The molecule has 1 heterocycles. The SMILES string of the molecule is COc1cc(C2C(=O)N(C3CCCCCC3)CC(=O)N2Cc2ccccc2Cl)ccc1OC(C)C. The Kier molecular flexibility index (Phi) is 8.22. The van der Waals surface area contributed by atoms with Crippen LogP contribution >= 0.6 is 11.6 Å². The Labute approximate surface area is 213 Å². The van der Waals surface area contributed by atoms with Crippen molar-refractivity contribution in [3.8, 4) is 11.5 Å². The molecule has 4 rings (SSSR count). The molecule has 0 N–H and O–H groups in total. The van der Waals surface area contributed by atoms with Gasteiger partial charge in [0, 0.05) is 17.6 Å². The first-order chi connectivity index (χ1) is 16.9. The van der Waals surface area contributed by atoms with Gasteiger partial charge in [0.15, 0.2) is 11.5 Å². The van der Waals surface area contributed by atoms with Gasteiger partial charge in [-0.1, -0.05) is 61.5 Å². The van der Waals surface area contributed by atoms with Crippen LogP contribution in [0.25, 0.3) is 0 Å². The predicted molar refractivity (Wildman–Crippen MR) is 137 cm³/mol. The summed E-state index contributed by atoms with van der Waals surface area (Å²) in [4.78, 5) is 31.1. The molecule has 0 bridgehead atoms. The number of amides is 2. The zero-order chi connectivity index (χ0) is 24.9. The lowest BCUT2D eigenvalue weighted by atomic mass is 9.96. The van der Waals surface area contributed by atoms with Crippen molar-refractivity contribution in [1.82, 2.24) is 9.80 Å². The first-order valence-corrected chi connectivity index (χ1v) is 12.9. The van der Waals surface area contributed by atoms with Crippen molar-refractivity contribution >= 4 is 23.4 Å². The molecule has 7 heteroatoms. The van der Waals surface area contributed by atoms with E-state index in [4.69, 9.17) is 21.1 Å². The van der Waals surface area contributed by atoms with Crippen LogP contribution in [0.15, 0.2) is 42.5 Å². The van der Waals surface area contributed by atoms with Crippen LogP contribution in [-0.2, 0) is 16.1 Å². The molecule has 2 aromatic carbocycles. The summed E-state index contributed by atoms with van der Waals surface area (Å²) in [6.45, 7) is 4.27. The average molecular weight is 499 g/mol. The van der Waals surface area contributed by atoms with Crippen LogP contribution in [0.5, 0.6) is 11.5 Å². The molecule has 2 fully saturated rings. The maximum atomic E-state index is 14.1. The lowest BCUT2D eigenvalue weighted by Crippen LogP contribution is -2.57. The summed E-state index contributed by atoms with van der Waals surface area (Å²) in [6, 6.07) is 12.3. The number of carbonyl (C=O) groups excluding carboxylic acids is 2. The number of hydrogen-bond donors (Lipinski definition) is 0. The molecule has 1 saturated carbocycles. The second-order valence-electron chi connectivity index (χ2n) is 9.70. The largest absolute Gasteiger partial charge is 0.493 e. The Hall–Kier alpha value is -2.73. The lowest BCUT2D eigenvalue weighted by Gasteiger charge is -2.43. The molecule has 35 heavy (non-hydrogen) atoms. The Morgan fingerprint density at radius 2 is 1.71 bits per heavy atom. The highest BCUT2D eigenvalue weighted by Crippen LogP contribution is 2.37. The van der Waals surface area contributed by atoms with Gasteiger partial charge in [-0.05, 0) is 56.0 Å². The Morgan fingerprint density at radius 3 is 2.37 bits per heavy atom. The summed E-state index contributed by atoms with van der Waals surface area (Å²) < 4.78 is 11.5. The molecule has 0 radical (unpaired) electrons. The first kappa shape index (κ1) is 25.4. The van der Waals surface area contributed by atoms with E-state index in [1.807, 2.05) is 55.1 Å². The number of rotatable bonds is 7. The van der Waals surface area contributed by atoms with Gasteiger partial charge >= 0.3 is 0 Å². The first-order valence-electron chi connectivity index (χ1n) is 12.6. The van der Waals surface area contributed by atoms with Gasteiger partial charge in [-0.3, -0.25) is 9.59 Å². The summed E-state index contributed by atoms with van der Waals surface area (Å²) in [5.74, 6) is 1.04. The number of hydrogen-bond acceptors (Lipinski definition) is 4. The molecule has 1 aliphatic carbocycles. The van der Waals surface area contributed by atoms with Crippen molar-refractivity contribution in [1.29, 1.82) is 0 Å². The third-order valence-electron chi connectivity index (χ3n) is 6.88. The highest BCUT2D eigenvalue weighted by Gasteiger charge is 2.43. The van der Waals surface area contributed by atoms with Crippen LogP contribution in [0.2, 0.25) is 5.02 Å². The Balaban J connectivity index is 1.73. The fraction of sp³-hybridized carbons (Fsp3) is 0.500. The van der Waals surface area contributed by atoms with E-state index in [0.717, 1.165) is 31.2 Å². The van der Waals surface area contributed by atoms with Crippen molar-refractivity contribution in [2.75, 3.05) is 13.7 Å². The maximum Gasteiger partial charge on any atom is 0.250 e.